The molecule has 1 heterocycles. The average molecular weight is 262 g/mol. The van der Waals surface area contributed by atoms with Gasteiger partial charge in [0.05, 0.1) is 6.61 Å². The van der Waals surface area contributed by atoms with Gasteiger partial charge in [-0.05, 0) is 49.9 Å². The van der Waals surface area contributed by atoms with Crippen molar-refractivity contribution in [1.29, 1.82) is 0 Å². The zero-order valence-electron chi connectivity index (χ0n) is 10.9. The average Bonchev–Trinajstić information content (AvgIpc) is 2.77. The van der Waals surface area contributed by atoms with Gasteiger partial charge in [-0.3, -0.25) is 0 Å². The van der Waals surface area contributed by atoms with Crippen molar-refractivity contribution < 1.29 is 9.84 Å². The molecule has 0 amide bonds. The van der Waals surface area contributed by atoms with Crippen molar-refractivity contribution in [3.05, 3.63) is 51.2 Å². The largest absolute Gasteiger partial charge is 0.493 e. The molecule has 0 spiro atoms. The summed E-state index contributed by atoms with van der Waals surface area (Å²) < 4.78 is 5.60. The molecule has 1 atom stereocenters. The topological polar surface area (TPSA) is 29.5 Å². The minimum atomic E-state index is -0.605. The summed E-state index contributed by atoms with van der Waals surface area (Å²) in [6.07, 6.45) is -0.605. The highest BCUT2D eigenvalue weighted by molar-refractivity contribution is 7.10. The highest BCUT2D eigenvalue weighted by atomic mass is 32.1. The molecule has 3 heteroatoms. The molecular formula is C15H18O2S. The molecule has 2 rings (SSSR count). The molecule has 96 valence electrons. The van der Waals surface area contributed by atoms with E-state index in [9.17, 15) is 5.11 Å². The summed E-state index contributed by atoms with van der Waals surface area (Å²) >= 11 is 1.58. The second kappa shape index (κ2) is 5.55. The van der Waals surface area contributed by atoms with Gasteiger partial charge in [-0.2, -0.15) is 0 Å². The molecule has 1 unspecified atom stereocenters. The van der Waals surface area contributed by atoms with E-state index in [0.717, 1.165) is 27.3 Å². The van der Waals surface area contributed by atoms with Crippen molar-refractivity contribution in [3.63, 3.8) is 0 Å². The first-order chi connectivity index (χ1) is 8.63. The van der Waals surface area contributed by atoms with E-state index >= 15 is 0 Å². The van der Waals surface area contributed by atoms with E-state index < -0.39 is 6.10 Å². The van der Waals surface area contributed by atoms with Crippen LogP contribution in [0.15, 0.2) is 29.6 Å². The third-order valence-corrected chi connectivity index (χ3v) is 3.98. The Hall–Kier alpha value is -1.32. The summed E-state index contributed by atoms with van der Waals surface area (Å²) in [6.45, 7) is 6.59. The lowest BCUT2D eigenvalue weighted by Crippen LogP contribution is -2.04. The Balaban J connectivity index is 2.43. The molecule has 2 aromatic rings. The number of aryl methyl sites for hydroxylation is 2. The van der Waals surface area contributed by atoms with Gasteiger partial charge in [0.2, 0.25) is 0 Å². The van der Waals surface area contributed by atoms with E-state index in [-0.39, 0.29) is 0 Å². The van der Waals surface area contributed by atoms with Crippen molar-refractivity contribution in [2.75, 3.05) is 6.61 Å². The molecule has 1 N–H and O–H groups in total. The molecule has 18 heavy (non-hydrogen) atoms. The first-order valence-corrected chi connectivity index (χ1v) is 6.96. The summed E-state index contributed by atoms with van der Waals surface area (Å²) in [7, 11) is 0. The standard InChI is InChI=1S/C15H18O2S/c1-4-17-13-6-5-10(2)9-12(13)14(16)15-11(3)7-8-18-15/h5-9,14,16H,4H2,1-3H3. The Morgan fingerprint density at radius 1 is 1.28 bits per heavy atom. The Morgan fingerprint density at radius 2 is 2.06 bits per heavy atom. The Labute approximate surface area is 112 Å². The summed E-state index contributed by atoms with van der Waals surface area (Å²) in [5.41, 5.74) is 3.10. The first-order valence-electron chi connectivity index (χ1n) is 6.09. The van der Waals surface area contributed by atoms with Crippen LogP contribution in [0.1, 0.15) is 34.6 Å². The van der Waals surface area contributed by atoms with Gasteiger partial charge in [0.15, 0.2) is 0 Å². The Kier molecular flexibility index (Phi) is 4.04. The van der Waals surface area contributed by atoms with Gasteiger partial charge < -0.3 is 9.84 Å². The fraction of sp³-hybridized carbons (Fsp3) is 0.333. The van der Waals surface area contributed by atoms with E-state index in [1.807, 2.05) is 50.4 Å². The van der Waals surface area contributed by atoms with Crippen molar-refractivity contribution in [1.82, 2.24) is 0 Å². The normalized spacial score (nSPS) is 12.4. The van der Waals surface area contributed by atoms with Gasteiger partial charge in [-0.1, -0.05) is 11.6 Å². The van der Waals surface area contributed by atoms with Crippen LogP contribution in [0.25, 0.3) is 0 Å². The van der Waals surface area contributed by atoms with E-state index in [0.29, 0.717) is 6.61 Å². The van der Waals surface area contributed by atoms with Crippen LogP contribution in [-0.2, 0) is 0 Å². The number of benzene rings is 1. The second-order valence-corrected chi connectivity index (χ2v) is 5.29. The van der Waals surface area contributed by atoms with Gasteiger partial charge in [0, 0.05) is 10.4 Å². The quantitative estimate of drug-likeness (QED) is 0.907. The number of hydrogen-bond donors (Lipinski definition) is 1. The molecule has 0 aliphatic carbocycles. The molecule has 1 aromatic carbocycles. The zero-order valence-corrected chi connectivity index (χ0v) is 11.8. The summed E-state index contributed by atoms with van der Waals surface area (Å²) in [6, 6.07) is 7.96. The molecule has 0 fully saturated rings. The maximum Gasteiger partial charge on any atom is 0.125 e. The summed E-state index contributed by atoms with van der Waals surface area (Å²) in [5, 5.41) is 12.5. The molecule has 0 saturated carbocycles. The number of aliphatic hydroxyl groups is 1. The van der Waals surface area contributed by atoms with Crippen molar-refractivity contribution in [2.45, 2.75) is 26.9 Å². The zero-order chi connectivity index (χ0) is 13.1. The third-order valence-electron chi connectivity index (χ3n) is 2.91. The van der Waals surface area contributed by atoms with Crippen LogP contribution in [0, 0.1) is 13.8 Å². The van der Waals surface area contributed by atoms with E-state index in [2.05, 4.69) is 0 Å². The van der Waals surface area contributed by atoms with Crippen LogP contribution in [0.5, 0.6) is 5.75 Å². The predicted molar refractivity (Wildman–Crippen MR) is 75.5 cm³/mol. The number of thiophene rings is 1. The van der Waals surface area contributed by atoms with Crippen LogP contribution >= 0.6 is 11.3 Å². The summed E-state index contributed by atoms with van der Waals surface area (Å²) in [4.78, 5) is 0.988. The predicted octanol–water partition coefficient (Wildman–Crippen LogP) is 3.85. The first kappa shape index (κ1) is 13.1. The highest BCUT2D eigenvalue weighted by Crippen LogP contribution is 2.34. The van der Waals surface area contributed by atoms with Crippen LogP contribution in [-0.4, -0.2) is 11.7 Å². The van der Waals surface area contributed by atoms with Crippen LogP contribution in [0.2, 0.25) is 0 Å². The number of aliphatic hydroxyl groups excluding tert-OH is 1. The molecular weight excluding hydrogens is 244 g/mol. The molecule has 0 bridgehead atoms. The highest BCUT2D eigenvalue weighted by Gasteiger charge is 2.18. The molecule has 0 saturated heterocycles. The number of rotatable bonds is 4. The van der Waals surface area contributed by atoms with Crippen molar-refractivity contribution >= 4 is 11.3 Å². The molecule has 1 aromatic heterocycles. The smallest absolute Gasteiger partial charge is 0.125 e. The number of ether oxygens (including phenoxy) is 1. The third kappa shape index (κ3) is 2.57. The minimum Gasteiger partial charge on any atom is -0.493 e. The van der Waals surface area contributed by atoms with Crippen LogP contribution < -0.4 is 4.74 Å². The van der Waals surface area contributed by atoms with Gasteiger partial charge in [-0.15, -0.1) is 11.3 Å². The van der Waals surface area contributed by atoms with Gasteiger partial charge in [0.1, 0.15) is 11.9 Å². The lowest BCUT2D eigenvalue weighted by Gasteiger charge is -2.16. The number of hydrogen-bond acceptors (Lipinski definition) is 3. The molecule has 0 aliphatic heterocycles. The minimum absolute atomic E-state index is 0.603. The fourth-order valence-electron chi connectivity index (χ4n) is 1.97. The van der Waals surface area contributed by atoms with E-state index in [1.54, 1.807) is 11.3 Å². The lowest BCUT2D eigenvalue weighted by molar-refractivity contribution is 0.215. The van der Waals surface area contributed by atoms with E-state index in [4.69, 9.17) is 4.74 Å². The summed E-state index contributed by atoms with van der Waals surface area (Å²) in [5.74, 6) is 0.767. The Morgan fingerprint density at radius 3 is 2.67 bits per heavy atom. The second-order valence-electron chi connectivity index (χ2n) is 4.34. The maximum absolute atomic E-state index is 10.5. The van der Waals surface area contributed by atoms with Crippen molar-refractivity contribution in [3.8, 4) is 5.75 Å². The van der Waals surface area contributed by atoms with Gasteiger partial charge >= 0.3 is 0 Å². The van der Waals surface area contributed by atoms with Crippen LogP contribution in [0.3, 0.4) is 0 Å². The monoisotopic (exact) mass is 262 g/mol. The SMILES string of the molecule is CCOc1ccc(C)cc1C(O)c1sccc1C. The lowest BCUT2D eigenvalue weighted by atomic mass is 10.0. The van der Waals surface area contributed by atoms with Crippen LogP contribution in [0.4, 0.5) is 0 Å². The Bertz CT molecular complexity index is 531. The molecule has 0 radical (unpaired) electrons. The van der Waals surface area contributed by atoms with E-state index in [1.165, 1.54) is 0 Å². The van der Waals surface area contributed by atoms with Gasteiger partial charge in [-0.25, -0.2) is 0 Å². The van der Waals surface area contributed by atoms with Crippen molar-refractivity contribution in [2.24, 2.45) is 0 Å². The maximum atomic E-state index is 10.5. The fourth-order valence-corrected chi connectivity index (χ4v) is 2.90. The molecule has 2 nitrogen and oxygen atoms in total. The molecule has 0 aliphatic rings. The van der Waals surface area contributed by atoms with Gasteiger partial charge in [0.25, 0.3) is 0 Å².